The molecule has 1 aromatic rings. The molecule has 0 spiro atoms. The topological polar surface area (TPSA) is 59.1 Å². The number of nitrogens with zero attached hydrogens (tertiary/aromatic N) is 2. The number of hydrogen-bond acceptors (Lipinski definition) is 4. The highest BCUT2D eigenvalue weighted by atomic mass is 79.9. The van der Waals surface area contributed by atoms with Crippen molar-refractivity contribution in [3.8, 4) is 5.75 Å². The molecule has 0 N–H and O–H groups in total. The third-order valence-electron chi connectivity index (χ3n) is 5.20. The predicted octanol–water partition coefficient (Wildman–Crippen LogP) is 4.06. The minimum Gasteiger partial charge on any atom is -0.483 e. The van der Waals surface area contributed by atoms with E-state index in [9.17, 15) is 9.59 Å². The second-order valence-corrected chi connectivity index (χ2v) is 9.64. The van der Waals surface area contributed by atoms with Gasteiger partial charge in [-0.15, -0.1) is 0 Å². The van der Waals surface area contributed by atoms with Crippen molar-refractivity contribution in [1.29, 1.82) is 0 Å². The molecule has 2 unspecified atom stereocenters. The molecule has 154 valence electrons. The monoisotopic (exact) mass is 452 g/mol. The summed E-state index contributed by atoms with van der Waals surface area (Å²) in [5.41, 5.74) is 1.47. The Kier molecular flexibility index (Phi) is 5.94. The van der Waals surface area contributed by atoms with Gasteiger partial charge in [0.05, 0.1) is 12.1 Å². The van der Waals surface area contributed by atoms with Crippen molar-refractivity contribution in [2.45, 2.75) is 65.1 Å². The first kappa shape index (κ1) is 21.0. The Labute approximate surface area is 175 Å². The number of rotatable bonds is 3. The van der Waals surface area contributed by atoms with Gasteiger partial charge in [-0.2, -0.15) is 0 Å². The van der Waals surface area contributed by atoms with Crippen molar-refractivity contribution >= 4 is 27.9 Å². The normalized spacial score (nSPS) is 21.6. The molecule has 6 nitrogen and oxygen atoms in total. The van der Waals surface area contributed by atoms with Gasteiger partial charge in [0.2, 0.25) is 0 Å². The fourth-order valence-corrected chi connectivity index (χ4v) is 4.76. The van der Waals surface area contributed by atoms with Crippen LogP contribution in [0, 0.1) is 13.8 Å². The number of hydrogen-bond donors (Lipinski definition) is 0. The summed E-state index contributed by atoms with van der Waals surface area (Å²) in [5, 5.41) is 0. The van der Waals surface area contributed by atoms with Crippen molar-refractivity contribution < 1.29 is 19.1 Å². The summed E-state index contributed by atoms with van der Waals surface area (Å²) in [7, 11) is 0. The number of fused-ring (bicyclic) bond motifs is 2. The minimum atomic E-state index is -0.516. The number of halogens is 1. The van der Waals surface area contributed by atoms with Gasteiger partial charge in [-0.3, -0.25) is 9.69 Å². The molecule has 2 saturated heterocycles. The molecule has 0 radical (unpaired) electrons. The Morgan fingerprint density at radius 2 is 1.64 bits per heavy atom. The van der Waals surface area contributed by atoms with Gasteiger partial charge in [-0.1, -0.05) is 15.9 Å². The van der Waals surface area contributed by atoms with E-state index >= 15 is 0 Å². The molecule has 3 rings (SSSR count). The zero-order valence-corrected chi connectivity index (χ0v) is 18.8. The lowest BCUT2D eigenvalue weighted by molar-refractivity contribution is -0.136. The highest BCUT2D eigenvalue weighted by Gasteiger charge is 2.45. The highest BCUT2D eigenvalue weighted by molar-refractivity contribution is 9.10. The van der Waals surface area contributed by atoms with Crippen molar-refractivity contribution in [1.82, 2.24) is 9.80 Å². The van der Waals surface area contributed by atoms with E-state index in [-0.39, 0.29) is 30.7 Å². The van der Waals surface area contributed by atoms with Crippen LogP contribution >= 0.6 is 15.9 Å². The number of benzene rings is 1. The fourth-order valence-electron chi connectivity index (χ4n) is 4.07. The summed E-state index contributed by atoms with van der Waals surface area (Å²) in [4.78, 5) is 28.9. The Balaban J connectivity index is 1.60. The molecule has 2 heterocycles. The number of aryl methyl sites for hydroxylation is 2. The molecule has 2 fully saturated rings. The van der Waals surface area contributed by atoms with Gasteiger partial charge in [0.1, 0.15) is 11.4 Å². The van der Waals surface area contributed by atoms with Crippen LogP contribution in [0.5, 0.6) is 5.75 Å². The van der Waals surface area contributed by atoms with E-state index in [0.717, 1.165) is 34.2 Å². The van der Waals surface area contributed by atoms with Crippen LogP contribution in [0.2, 0.25) is 0 Å². The molecule has 0 aromatic heterocycles. The lowest BCUT2D eigenvalue weighted by atomic mass is 10.1. The third-order valence-corrected chi connectivity index (χ3v) is 5.66. The zero-order chi connectivity index (χ0) is 20.6. The Hall–Kier alpha value is -1.76. The molecule has 7 heteroatoms. The van der Waals surface area contributed by atoms with E-state index in [2.05, 4.69) is 15.9 Å². The van der Waals surface area contributed by atoms with Crippen molar-refractivity contribution in [3.05, 3.63) is 27.7 Å². The number of carbonyl (C=O) groups excluding carboxylic acids is 2. The van der Waals surface area contributed by atoms with E-state index in [0.29, 0.717) is 13.1 Å². The Bertz CT molecular complexity index is 737. The van der Waals surface area contributed by atoms with E-state index in [1.165, 1.54) is 0 Å². The first-order chi connectivity index (χ1) is 13.0. The third kappa shape index (κ3) is 4.62. The molecule has 2 atom stereocenters. The van der Waals surface area contributed by atoms with Crippen LogP contribution in [-0.4, -0.2) is 59.2 Å². The van der Waals surface area contributed by atoms with Crippen LogP contribution in [0.4, 0.5) is 4.79 Å². The van der Waals surface area contributed by atoms with Crippen molar-refractivity contribution in [2.75, 3.05) is 19.7 Å². The van der Waals surface area contributed by atoms with Gasteiger partial charge in [0.15, 0.2) is 6.61 Å². The zero-order valence-electron chi connectivity index (χ0n) is 17.3. The first-order valence-corrected chi connectivity index (χ1v) is 10.5. The van der Waals surface area contributed by atoms with Crippen LogP contribution in [0.25, 0.3) is 0 Å². The van der Waals surface area contributed by atoms with Gasteiger partial charge >= 0.3 is 6.09 Å². The van der Waals surface area contributed by atoms with Gasteiger partial charge in [-0.05, 0) is 70.7 Å². The summed E-state index contributed by atoms with van der Waals surface area (Å²) < 4.78 is 12.4. The Morgan fingerprint density at radius 1 is 1.11 bits per heavy atom. The van der Waals surface area contributed by atoms with Crippen LogP contribution in [0.3, 0.4) is 0 Å². The second kappa shape index (κ2) is 7.93. The van der Waals surface area contributed by atoms with Gasteiger partial charge < -0.3 is 14.4 Å². The summed E-state index contributed by atoms with van der Waals surface area (Å²) in [5.74, 6) is 0.717. The lowest BCUT2D eigenvalue weighted by Gasteiger charge is -2.41. The molecule has 2 aliphatic rings. The Morgan fingerprint density at radius 3 is 2.14 bits per heavy atom. The molecule has 2 aliphatic heterocycles. The number of piperazine rings is 1. The van der Waals surface area contributed by atoms with Crippen LogP contribution in [0.1, 0.15) is 44.7 Å². The number of amides is 2. The predicted molar refractivity (Wildman–Crippen MR) is 111 cm³/mol. The smallest absolute Gasteiger partial charge is 0.410 e. The molecule has 2 bridgehead atoms. The SMILES string of the molecule is Cc1cc(Br)cc(C)c1OCC(=O)N1CC2CCC(C1)N2C(=O)OC(C)(C)C. The van der Waals surface area contributed by atoms with Gasteiger partial charge in [0.25, 0.3) is 5.91 Å². The maximum absolute atomic E-state index is 12.7. The summed E-state index contributed by atoms with van der Waals surface area (Å²) in [6.45, 7) is 10.6. The van der Waals surface area contributed by atoms with Gasteiger partial charge in [0, 0.05) is 17.6 Å². The minimum absolute atomic E-state index is 0.00912. The summed E-state index contributed by atoms with van der Waals surface area (Å²) in [6.07, 6.45) is 1.53. The molecular formula is C21H29BrN2O4. The summed E-state index contributed by atoms with van der Waals surface area (Å²) in [6, 6.07) is 4.00. The molecule has 28 heavy (non-hydrogen) atoms. The standard InChI is InChI=1S/C21H29BrN2O4/c1-13-8-15(22)9-14(2)19(13)27-12-18(25)23-10-16-6-7-17(11-23)24(16)20(26)28-21(3,4)5/h8-9,16-17H,6-7,10-12H2,1-5H3. The highest BCUT2D eigenvalue weighted by Crippen LogP contribution is 2.32. The van der Waals surface area contributed by atoms with E-state index < -0.39 is 5.60 Å². The fraction of sp³-hybridized carbons (Fsp3) is 0.619. The molecule has 2 amide bonds. The maximum atomic E-state index is 12.7. The number of carbonyl (C=O) groups is 2. The van der Waals surface area contributed by atoms with Crippen LogP contribution in [-0.2, 0) is 9.53 Å². The average Bonchev–Trinajstić information content (AvgIpc) is 2.82. The van der Waals surface area contributed by atoms with Crippen LogP contribution in [0.15, 0.2) is 16.6 Å². The maximum Gasteiger partial charge on any atom is 0.410 e. The summed E-state index contributed by atoms with van der Waals surface area (Å²) >= 11 is 3.47. The number of likely N-dealkylation sites (tertiary alicyclic amines) is 1. The largest absolute Gasteiger partial charge is 0.483 e. The van der Waals surface area contributed by atoms with E-state index in [4.69, 9.17) is 9.47 Å². The second-order valence-electron chi connectivity index (χ2n) is 8.73. The van der Waals surface area contributed by atoms with Crippen molar-refractivity contribution in [3.63, 3.8) is 0 Å². The van der Waals surface area contributed by atoms with Gasteiger partial charge in [-0.25, -0.2) is 4.79 Å². The lowest BCUT2D eigenvalue weighted by Crippen LogP contribution is -2.58. The average molecular weight is 453 g/mol. The molecule has 0 saturated carbocycles. The quantitative estimate of drug-likeness (QED) is 0.693. The molecule has 1 aromatic carbocycles. The van der Waals surface area contributed by atoms with E-state index in [1.54, 1.807) is 0 Å². The molecular weight excluding hydrogens is 424 g/mol. The molecule has 0 aliphatic carbocycles. The van der Waals surface area contributed by atoms with Crippen LogP contribution < -0.4 is 4.74 Å². The number of ether oxygens (including phenoxy) is 2. The van der Waals surface area contributed by atoms with E-state index in [1.807, 2.05) is 56.6 Å². The first-order valence-electron chi connectivity index (χ1n) is 9.74. The van der Waals surface area contributed by atoms with Crippen molar-refractivity contribution in [2.24, 2.45) is 0 Å².